The van der Waals surface area contributed by atoms with Crippen molar-refractivity contribution >= 4 is 35.0 Å². The monoisotopic (exact) mass is 458 g/mol. The number of benzene rings is 2. The van der Waals surface area contributed by atoms with Gasteiger partial charge in [-0.1, -0.05) is 40.2 Å². The molecule has 0 radical (unpaired) electrons. The molecule has 2 aromatic carbocycles. The van der Waals surface area contributed by atoms with Crippen molar-refractivity contribution in [1.29, 1.82) is 0 Å². The third-order valence-electron chi connectivity index (χ3n) is 4.99. The number of amides is 1. The lowest BCUT2D eigenvalue weighted by atomic mass is 10.0. The molecule has 31 heavy (non-hydrogen) atoms. The van der Waals surface area contributed by atoms with Crippen molar-refractivity contribution in [3.63, 3.8) is 0 Å². The first-order chi connectivity index (χ1) is 14.9. The third-order valence-corrected chi connectivity index (χ3v) is 5.81. The van der Waals surface area contributed by atoms with Gasteiger partial charge in [-0.3, -0.25) is 4.79 Å². The van der Waals surface area contributed by atoms with Crippen LogP contribution in [-0.4, -0.2) is 36.5 Å². The molecule has 10 heteroatoms. The van der Waals surface area contributed by atoms with Gasteiger partial charge in [0.2, 0.25) is 5.91 Å². The normalized spacial score (nSPS) is 14.6. The molecule has 1 aliphatic heterocycles. The Balaban J connectivity index is 2.08. The Morgan fingerprint density at radius 3 is 2.65 bits per heavy atom. The van der Waals surface area contributed by atoms with E-state index in [0.717, 1.165) is 0 Å². The molecule has 1 aliphatic rings. The molecular formula is C21H19ClN4O4S. The highest BCUT2D eigenvalue weighted by molar-refractivity contribution is 7.98. The molecule has 0 aliphatic carbocycles. The van der Waals surface area contributed by atoms with Crippen LogP contribution in [-0.2, 0) is 4.79 Å². The maximum Gasteiger partial charge on any atom is 0.293 e. The van der Waals surface area contributed by atoms with Gasteiger partial charge >= 0.3 is 0 Å². The molecule has 1 aromatic heterocycles. The van der Waals surface area contributed by atoms with Crippen molar-refractivity contribution in [2.75, 3.05) is 25.4 Å². The summed E-state index contributed by atoms with van der Waals surface area (Å²) in [6, 6.07) is 10.6. The van der Waals surface area contributed by atoms with Gasteiger partial charge in [-0.2, -0.15) is 0 Å². The molecule has 0 saturated carbocycles. The number of fused-ring (bicyclic) bond motifs is 3. The number of nitrogens with zero attached hydrogens (tertiary/aromatic N) is 4. The number of hydrogen-bond acceptors (Lipinski definition) is 7. The topological polar surface area (TPSA) is 91.5 Å². The van der Waals surface area contributed by atoms with Crippen molar-refractivity contribution < 1.29 is 24.1 Å². The van der Waals surface area contributed by atoms with Crippen LogP contribution >= 0.6 is 23.4 Å². The number of carbonyl (C=O) groups excluding carboxylic acids is 1. The lowest BCUT2D eigenvalue weighted by molar-refractivity contribution is -0.764. The Kier molecular flexibility index (Phi) is 5.63. The van der Waals surface area contributed by atoms with Crippen LogP contribution < -0.4 is 24.2 Å². The second kappa shape index (κ2) is 8.24. The van der Waals surface area contributed by atoms with Gasteiger partial charge in [-0.15, -0.1) is 0 Å². The van der Waals surface area contributed by atoms with Crippen molar-refractivity contribution in [3.8, 4) is 28.6 Å². The van der Waals surface area contributed by atoms with E-state index in [1.807, 2.05) is 6.07 Å². The maximum absolute atomic E-state index is 13.0. The van der Waals surface area contributed by atoms with E-state index in [1.54, 1.807) is 41.5 Å². The van der Waals surface area contributed by atoms with E-state index >= 15 is 0 Å². The summed E-state index contributed by atoms with van der Waals surface area (Å²) in [5.41, 5.74) is 2.06. The number of thioether (sulfide) groups is 1. The molecule has 1 unspecified atom stereocenters. The quantitative estimate of drug-likeness (QED) is 0.438. The molecule has 8 nitrogen and oxygen atoms in total. The third kappa shape index (κ3) is 3.43. The van der Waals surface area contributed by atoms with Crippen LogP contribution in [0.1, 0.15) is 18.7 Å². The number of methoxy groups -OCH3 is 2. The average molecular weight is 459 g/mol. The van der Waals surface area contributed by atoms with Crippen LogP contribution in [0.2, 0.25) is 5.02 Å². The highest BCUT2D eigenvalue weighted by Gasteiger charge is 2.44. The van der Waals surface area contributed by atoms with E-state index in [4.69, 9.17) is 21.1 Å². The number of carbonyl (C=O) groups is 1. The Labute approximate surface area is 188 Å². The zero-order valence-corrected chi connectivity index (χ0v) is 18.8. The lowest BCUT2D eigenvalue weighted by Gasteiger charge is -2.33. The second-order valence-electron chi connectivity index (χ2n) is 6.71. The number of anilines is 1. The SMILES string of the molecule is COc1cc(C2N(C(C)=O)c3ccccc3-c3c([O-])nc(SC)n[n+]32)cc(Cl)c1OC. The van der Waals surface area contributed by atoms with Gasteiger partial charge in [0.1, 0.15) is 0 Å². The van der Waals surface area contributed by atoms with Gasteiger partial charge in [-0.25, -0.2) is 9.88 Å². The molecule has 1 atom stereocenters. The van der Waals surface area contributed by atoms with Gasteiger partial charge in [0.25, 0.3) is 17.0 Å². The van der Waals surface area contributed by atoms with Crippen LogP contribution in [0.5, 0.6) is 17.4 Å². The predicted molar refractivity (Wildman–Crippen MR) is 115 cm³/mol. The van der Waals surface area contributed by atoms with Crippen molar-refractivity contribution in [3.05, 3.63) is 47.0 Å². The first-order valence-electron chi connectivity index (χ1n) is 9.26. The maximum atomic E-state index is 13.0. The second-order valence-corrected chi connectivity index (χ2v) is 7.90. The molecule has 0 saturated heterocycles. The average Bonchev–Trinajstić information content (AvgIpc) is 2.76. The molecule has 0 spiro atoms. The first-order valence-corrected chi connectivity index (χ1v) is 10.9. The Morgan fingerprint density at radius 1 is 1.26 bits per heavy atom. The van der Waals surface area contributed by atoms with Crippen LogP contribution in [0.4, 0.5) is 5.69 Å². The van der Waals surface area contributed by atoms with E-state index in [0.29, 0.717) is 44.2 Å². The predicted octanol–water partition coefficient (Wildman–Crippen LogP) is 2.81. The van der Waals surface area contributed by atoms with Gasteiger partial charge < -0.3 is 14.6 Å². The molecule has 160 valence electrons. The van der Waals surface area contributed by atoms with Crippen molar-refractivity contribution in [1.82, 2.24) is 10.1 Å². The minimum Gasteiger partial charge on any atom is -0.854 e. The molecule has 0 bridgehead atoms. The summed E-state index contributed by atoms with van der Waals surface area (Å²) < 4.78 is 12.3. The summed E-state index contributed by atoms with van der Waals surface area (Å²) in [4.78, 5) is 18.5. The summed E-state index contributed by atoms with van der Waals surface area (Å²) in [5.74, 6) is 0.126. The van der Waals surface area contributed by atoms with Crippen LogP contribution in [0, 0.1) is 0 Å². The van der Waals surface area contributed by atoms with E-state index in [9.17, 15) is 9.90 Å². The summed E-state index contributed by atoms with van der Waals surface area (Å²) in [6.45, 7) is 1.46. The smallest absolute Gasteiger partial charge is 0.293 e. The molecule has 3 aromatic rings. The summed E-state index contributed by atoms with van der Waals surface area (Å²) in [5, 5.41) is 18.2. The minimum atomic E-state index is -0.777. The van der Waals surface area contributed by atoms with Gasteiger partial charge in [-0.05, 0) is 30.5 Å². The van der Waals surface area contributed by atoms with Crippen molar-refractivity contribution in [2.45, 2.75) is 18.2 Å². The zero-order chi connectivity index (χ0) is 22.3. The molecule has 0 fully saturated rings. The minimum absolute atomic E-state index is 0.224. The van der Waals surface area contributed by atoms with Crippen LogP contribution in [0.15, 0.2) is 41.6 Å². The van der Waals surface area contributed by atoms with Crippen LogP contribution in [0.25, 0.3) is 11.3 Å². The largest absolute Gasteiger partial charge is 0.854 e. The number of ether oxygens (including phenoxy) is 2. The summed E-state index contributed by atoms with van der Waals surface area (Å²) in [6.07, 6.45) is 1.00. The molecular weight excluding hydrogens is 440 g/mol. The number of rotatable bonds is 4. The lowest BCUT2D eigenvalue weighted by Crippen LogP contribution is -2.58. The van der Waals surface area contributed by atoms with E-state index in [-0.39, 0.29) is 5.91 Å². The fraction of sp³-hybridized carbons (Fsp3) is 0.238. The van der Waals surface area contributed by atoms with Gasteiger partial charge in [0.05, 0.1) is 41.9 Å². The van der Waals surface area contributed by atoms with Gasteiger partial charge in [0.15, 0.2) is 11.5 Å². The molecule has 2 heterocycles. The zero-order valence-electron chi connectivity index (χ0n) is 17.2. The highest BCUT2D eigenvalue weighted by atomic mass is 35.5. The van der Waals surface area contributed by atoms with Gasteiger partial charge in [0, 0.05) is 12.0 Å². The Hall–Kier alpha value is -3.04. The standard InChI is InChI=1S/C21H19ClN4O4S/c1-11(27)25-15-8-6-5-7-13(15)17-19(28)23-21(31-4)24-26(17)20(25)12-9-14(22)18(30-3)16(10-12)29-2/h5-10,20H,1-4H3. The number of hydrogen-bond donors (Lipinski definition) is 0. The number of para-hydroxylation sites is 1. The van der Waals surface area contributed by atoms with E-state index in [1.165, 1.54) is 37.6 Å². The summed E-state index contributed by atoms with van der Waals surface area (Å²) >= 11 is 7.70. The van der Waals surface area contributed by atoms with Crippen molar-refractivity contribution in [2.24, 2.45) is 0 Å². The molecule has 0 N–H and O–H groups in total. The van der Waals surface area contributed by atoms with Crippen LogP contribution in [0.3, 0.4) is 0 Å². The fourth-order valence-electron chi connectivity index (χ4n) is 3.75. The fourth-order valence-corrected chi connectivity index (χ4v) is 4.39. The first kappa shape index (κ1) is 21.2. The van der Waals surface area contributed by atoms with E-state index in [2.05, 4.69) is 10.1 Å². The Bertz CT molecular complexity index is 1190. The Morgan fingerprint density at radius 2 is 2.00 bits per heavy atom. The summed E-state index contributed by atoms with van der Waals surface area (Å²) in [7, 11) is 3.00. The van der Waals surface area contributed by atoms with E-state index < -0.39 is 12.0 Å². The highest BCUT2D eigenvalue weighted by Crippen LogP contribution is 2.43. The number of aromatic nitrogens is 3. The number of halogens is 1. The molecule has 4 rings (SSSR count). The molecule has 1 amide bonds.